The molecule has 0 bridgehead atoms. The van der Waals surface area contributed by atoms with Crippen molar-refractivity contribution in [1.29, 1.82) is 0 Å². The van der Waals surface area contributed by atoms with Gasteiger partial charge in [-0.05, 0) is 54.8 Å². The van der Waals surface area contributed by atoms with E-state index in [1.807, 2.05) is 54.6 Å². The fourth-order valence-corrected chi connectivity index (χ4v) is 4.13. The first kappa shape index (κ1) is 25.8. The number of Topliss-reactive ketones (excluding diaryl/α,β-unsaturated/α-hetero) is 1. The topological polar surface area (TPSA) is 105 Å². The van der Waals surface area contributed by atoms with Gasteiger partial charge >= 0.3 is 5.97 Å². The van der Waals surface area contributed by atoms with Crippen molar-refractivity contribution in [2.45, 2.75) is 51.5 Å². The van der Waals surface area contributed by atoms with Gasteiger partial charge in [0.1, 0.15) is 0 Å². The maximum atomic E-state index is 12.3. The monoisotopic (exact) mass is 497 g/mol. The Balaban J connectivity index is 1.43. The van der Waals surface area contributed by atoms with Crippen LogP contribution in [-0.4, -0.2) is 27.0 Å². The van der Waals surface area contributed by atoms with Gasteiger partial charge in [0, 0.05) is 35.2 Å². The standard InChI is InChI=1S/C30H31N3O4/c1-2-3-10-26(31-25-19-17-22(18-20-25)27(34)11-7-12-28(35)36)21-13-15-23(16-14-21)29-32-30(37-33-29)24-8-5-4-6-9-24/h4-6,8-9,13-20,26,31H,2-3,7,10-12H2,1H3,(H,35,36)/t26-/m0/s1. The molecule has 2 N–H and O–H groups in total. The van der Waals surface area contributed by atoms with Crippen molar-refractivity contribution < 1.29 is 19.2 Å². The summed E-state index contributed by atoms with van der Waals surface area (Å²) in [6, 6.07) is 25.4. The normalized spacial score (nSPS) is 11.7. The van der Waals surface area contributed by atoms with Crippen LogP contribution in [0.15, 0.2) is 83.4 Å². The number of benzene rings is 3. The van der Waals surface area contributed by atoms with Gasteiger partial charge in [0.25, 0.3) is 5.89 Å². The van der Waals surface area contributed by atoms with Crippen LogP contribution in [0.1, 0.15) is 67.4 Å². The molecular weight excluding hydrogens is 466 g/mol. The lowest BCUT2D eigenvalue weighted by molar-refractivity contribution is -0.137. The fourth-order valence-electron chi connectivity index (χ4n) is 4.13. The molecule has 0 radical (unpaired) electrons. The Labute approximate surface area is 216 Å². The molecule has 190 valence electrons. The predicted octanol–water partition coefficient (Wildman–Crippen LogP) is 7.18. The number of aromatic nitrogens is 2. The Morgan fingerprint density at radius 2 is 1.62 bits per heavy atom. The fraction of sp³-hybridized carbons (Fsp3) is 0.267. The first-order valence-corrected chi connectivity index (χ1v) is 12.6. The third kappa shape index (κ3) is 7.13. The van der Waals surface area contributed by atoms with E-state index in [1.54, 1.807) is 12.1 Å². The second kappa shape index (κ2) is 12.6. The van der Waals surface area contributed by atoms with Crippen LogP contribution in [-0.2, 0) is 4.79 Å². The number of aliphatic carboxylic acids is 1. The van der Waals surface area contributed by atoms with Crippen LogP contribution in [0.25, 0.3) is 22.8 Å². The van der Waals surface area contributed by atoms with Crippen molar-refractivity contribution in [2.75, 3.05) is 5.32 Å². The number of nitrogens with zero attached hydrogens (tertiary/aromatic N) is 2. The molecule has 4 rings (SSSR count). The number of carboxylic acid groups (broad SMARTS) is 1. The largest absolute Gasteiger partial charge is 0.481 e. The Hall–Kier alpha value is -4.26. The molecule has 0 aliphatic rings. The van der Waals surface area contributed by atoms with Gasteiger partial charge < -0.3 is 14.9 Å². The first-order chi connectivity index (χ1) is 18.0. The molecular formula is C30H31N3O4. The molecule has 0 amide bonds. The zero-order chi connectivity index (χ0) is 26.0. The summed E-state index contributed by atoms with van der Waals surface area (Å²) in [5, 5.41) is 16.5. The second-order valence-electron chi connectivity index (χ2n) is 9.00. The molecule has 7 nitrogen and oxygen atoms in total. The van der Waals surface area contributed by atoms with E-state index in [2.05, 4.69) is 34.5 Å². The van der Waals surface area contributed by atoms with Gasteiger partial charge in [-0.15, -0.1) is 0 Å². The zero-order valence-corrected chi connectivity index (χ0v) is 20.9. The number of carboxylic acids is 1. The van der Waals surface area contributed by atoms with Gasteiger partial charge in [0.15, 0.2) is 5.78 Å². The third-order valence-electron chi connectivity index (χ3n) is 6.21. The summed E-state index contributed by atoms with van der Waals surface area (Å²) in [6.45, 7) is 2.17. The van der Waals surface area contributed by atoms with E-state index in [0.717, 1.165) is 41.6 Å². The number of hydrogen-bond acceptors (Lipinski definition) is 6. The quantitative estimate of drug-likeness (QED) is 0.188. The molecule has 0 unspecified atom stereocenters. The number of nitrogens with one attached hydrogen (secondary N) is 1. The van der Waals surface area contributed by atoms with Crippen molar-refractivity contribution in [1.82, 2.24) is 10.1 Å². The van der Waals surface area contributed by atoms with Crippen molar-refractivity contribution in [3.63, 3.8) is 0 Å². The van der Waals surface area contributed by atoms with Crippen LogP contribution < -0.4 is 5.32 Å². The first-order valence-electron chi connectivity index (χ1n) is 12.6. The van der Waals surface area contributed by atoms with Crippen molar-refractivity contribution in [2.24, 2.45) is 0 Å². The maximum absolute atomic E-state index is 12.3. The van der Waals surface area contributed by atoms with E-state index in [4.69, 9.17) is 9.63 Å². The molecule has 4 aromatic rings. The lowest BCUT2D eigenvalue weighted by atomic mass is 9.99. The Kier molecular flexibility index (Phi) is 8.81. The molecule has 1 aromatic heterocycles. The van der Waals surface area contributed by atoms with E-state index in [9.17, 15) is 9.59 Å². The molecule has 0 spiro atoms. The minimum atomic E-state index is -0.882. The Morgan fingerprint density at radius 1 is 0.892 bits per heavy atom. The number of rotatable bonds is 13. The summed E-state index contributed by atoms with van der Waals surface area (Å²) >= 11 is 0. The molecule has 0 aliphatic carbocycles. The summed E-state index contributed by atoms with van der Waals surface area (Å²) in [5.41, 5.74) is 4.44. The highest BCUT2D eigenvalue weighted by Gasteiger charge is 2.15. The zero-order valence-electron chi connectivity index (χ0n) is 20.9. The van der Waals surface area contributed by atoms with Crippen LogP contribution in [0.4, 0.5) is 5.69 Å². The SMILES string of the molecule is CCCC[C@H](Nc1ccc(C(=O)CCCC(=O)O)cc1)c1ccc(-c2noc(-c3ccccc3)n2)cc1. The molecule has 3 aromatic carbocycles. The lowest BCUT2D eigenvalue weighted by Crippen LogP contribution is -2.11. The number of carbonyl (C=O) groups excluding carboxylic acids is 1. The van der Waals surface area contributed by atoms with Crippen molar-refractivity contribution in [3.05, 3.63) is 90.0 Å². The van der Waals surface area contributed by atoms with Gasteiger partial charge in [-0.1, -0.05) is 67.4 Å². The van der Waals surface area contributed by atoms with Gasteiger partial charge in [-0.3, -0.25) is 9.59 Å². The molecule has 0 aliphatic heterocycles. The average molecular weight is 498 g/mol. The Bertz CT molecular complexity index is 1300. The van der Waals surface area contributed by atoms with Crippen LogP contribution in [0.2, 0.25) is 0 Å². The van der Waals surface area contributed by atoms with Gasteiger partial charge in [0.2, 0.25) is 5.82 Å². The minimum Gasteiger partial charge on any atom is -0.481 e. The molecule has 1 heterocycles. The van der Waals surface area contributed by atoms with Crippen LogP contribution >= 0.6 is 0 Å². The number of ketones is 1. The lowest BCUT2D eigenvalue weighted by Gasteiger charge is -2.21. The predicted molar refractivity (Wildman–Crippen MR) is 143 cm³/mol. The highest BCUT2D eigenvalue weighted by Crippen LogP contribution is 2.28. The molecule has 0 saturated heterocycles. The van der Waals surface area contributed by atoms with Gasteiger partial charge in [-0.2, -0.15) is 4.98 Å². The van der Waals surface area contributed by atoms with E-state index in [1.165, 1.54) is 0 Å². The third-order valence-corrected chi connectivity index (χ3v) is 6.21. The van der Waals surface area contributed by atoms with Gasteiger partial charge in [0.05, 0.1) is 6.04 Å². The number of hydrogen-bond donors (Lipinski definition) is 2. The van der Waals surface area contributed by atoms with Crippen LogP contribution in [0, 0.1) is 0 Å². The summed E-state index contributed by atoms with van der Waals surface area (Å²) in [7, 11) is 0. The average Bonchev–Trinajstić information content (AvgIpc) is 3.42. The number of unbranched alkanes of at least 4 members (excludes halogenated alkanes) is 1. The van der Waals surface area contributed by atoms with Crippen LogP contribution in [0.5, 0.6) is 0 Å². The van der Waals surface area contributed by atoms with Crippen LogP contribution in [0.3, 0.4) is 0 Å². The highest BCUT2D eigenvalue weighted by atomic mass is 16.5. The number of carbonyl (C=O) groups is 2. The summed E-state index contributed by atoms with van der Waals surface area (Å²) in [4.78, 5) is 27.5. The molecule has 1 atom stereocenters. The number of anilines is 1. The molecule has 0 saturated carbocycles. The van der Waals surface area contributed by atoms with Gasteiger partial charge in [-0.25, -0.2) is 0 Å². The second-order valence-corrected chi connectivity index (χ2v) is 9.00. The maximum Gasteiger partial charge on any atom is 0.303 e. The highest BCUT2D eigenvalue weighted by molar-refractivity contribution is 5.96. The molecule has 37 heavy (non-hydrogen) atoms. The minimum absolute atomic E-state index is 0.00415. The van der Waals surface area contributed by atoms with E-state index in [-0.39, 0.29) is 24.7 Å². The molecule has 0 fully saturated rings. The summed E-state index contributed by atoms with van der Waals surface area (Å²) in [6.07, 6.45) is 3.71. The molecule has 7 heteroatoms. The van der Waals surface area contributed by atoms with E-state index >= 15 is 0 Å². The smallest absolute Gasteiger partial charge is 0.303 e. The summed E-state index contributed by atoms with van der Waals surface area (Å²) < 4.78 is 5.45. The van der Waals surface area contributed by atoms with E-state index < -0.39 is 5.97 Å². The van der Waals surface area contributed by atoms with E-state index in [0.29, 0.717) is 23.7 Å². The van der Waals surface area contributed by atoms with Crippen molar-refractivity contribution in [3.8, 4) is 22.8 Å². The summed E-state index contributed by atoms with van der Waals surface area (Å²) in [5.74, 6) is 0.119. The van der Waals surface area contributed by atoms with Crippen molar-refractivity contribution >= 4 is 17.4 Å². The Morgan fingerprint density at radius 3 is 2.30 bits per heavy atom.